The van der Waals surface area contributed by atoms with Crippen LogP contribution in [0.1, 0.15) is 233 Å². The Hall–Kier alpha value is 0.430. The zero-order chi connectivity index (χ0) is 30.0. The lowest BCUT2D eigenvalue weighted by Crippen LogP contribution is -2.09. The summed E-state index contributed by atoms with van der Waals surface area (Å²) < 4.78 is 0. The molecule has 41 heavy (non-hydrogen) atoms. The van der Waals surface area contributed by atoms with Gasteiger partial charge < -0.3 is 0 Å². The van der Waals surface area contributed by atoms with Gasteiger partial charge in [-0.2, -0.15) is 0 Å². The van der Waals surface area contributed by atoms with E-state index in [2.05, 4.69) is 27.7 Å². The second-order valence-electron chi connectivity index (χ2n) is 14.0. The smallest absolute Gasteiger partial charge is 0.0594 e. The summed E-state index contributed by atoms with van der Waals surface area (Å²) in [7, 11) is -0.634. The highest BCUT2D eigenvalue weighted by molar-refractivity contribution is 7.75. The molecule has 0 spiro atoms. The Morgan fingerprint density at radius 2 is 0.390 bits per heavy atom. The van der Waals surface area contributed by atoms with Crippen molar-refractivity contribution in [1.29, 1.82) is 0 Å². The maximum Gasteiger partial charge on any atom is 0.0594 e. The van der Waals surface area contributed by atoms with Crippen LogP contribution < -0.4 is 0 Å². The molecule has 0 aromatic rings. The summed E-state index contributed by atoms with van der Waals surface area (Å²) in [5.41, 5.74) is 0. The molecule has 0 aromatic heterocycles. The SMILES string of the molecule is CCCCCCCCCCCCCCCCCC[P+](CC)(CC)CCCCCCCCCCCCCCCCCC. The molecule has 0 unspecified atom stereocenters. The predicted molar refractivity (Wildman–Crippen MR) is 197 cm³/mol. The monoisotopic (exact) mass is 596 g/mol. The van der Waals surface area contributed by atoms with E-state index in [4.69, 9.17) is 0 Å². The van der Waals surface area contributed by atoms with Crippen LogP contribution in [0, 0.1) is 0 Å². The van der Waals surface area contributed by atoms with E-state index in [0.717, 1.165) is 0 Å². The molecule has 0 radical (unpaired) electrons. The van der Waals surface area contributed by atoms with Crippen LogP contribution in [0.2, 0.25) is 0 Å². The highest BCUT2D eigenvalue weighted by Gasteiger charge is 2.31. The van der Waals surface area contributed by atoms with Gasteiger partial charge >= 0.3 is 0 Å². The number of hydrogen-bond acceptors (Lipinski definition) is 0. The van der Waals surface area contributed by atoms with E-state index in [1.807, 2.05) is 0 Å². The van der Waals surface area contributed by atoms with Crippen molar-refractivity contribution < 1.29 is 0 Å². The van der Waals surface area contributed by atoms with E-state index in [0.29, 0.717) is 0 Å². The van der Waals surface area contributed by atoms with Gasteiger partial charge in [-0.3, -0.25) is 0 Å². The summed E-state index contributed by atoms with van der Waals surface area (Å²) in [5, 5.41) is 0. The zero-order valence-corrected chi connectivity index (χ0v) is 30.8. The lowest BCUT2D eigenvalue weighted by Gasteiger charge is -2.25. The maximum absolute atomic E-state index is 2.52. The van der Waals surface area contributed by atoms with Gasteiger partial charge in [-0.15, -0.1) is 0 Å². The van der Waals surface area contributed by atoms with Gasteiger partial charge in [0.2, 0.25) is 0 Å². The van der Waals surface area contributed by atoms with E-state index in [1.165, 1.54) is 218 Å². The van der Waals surface area contributed by atoms with Crippen LogP contribution in [0.3, 0.4) is 0 Å². The minimum atomic E-state index is -0.634. The fraction of sp³-hybridized carbons (Fsp3) is 1.00. The van der Waals surface area contributed by atoms with Crippen molar-refractivity contribution in [3.63, 3.8) is 0 Å². The van der Waals surface area contributed by atoms with Gasteiger partial charge in [0.25, 0.3) is 0 Å². The highest BCUT2D eigenvalue weighted by atomic mass is 31.2. The summed E-state index contributed by atoms with van der Waals surface area (Å²) in [6.45, 7) is 9.67. The summed E-state index contributed by atoms with van der Waals surface area (Å²) in [6.07, 6.45) is 53.8. The molecule has 0 heterocycles. The van der Waals surface area contributed by atoms with Gasteiger partial charge in [0, 0.05) is 7.26 Å². The summed E-state index contributed by atoms with van der Waals surface area (Å²) >= 11 is 0. The number of hydrogen-bond donors (Lipinski definition) is 0. The molecule has 1 heteroatoms. The van der Waals surface area contributed by atoms with Crippen LogP contribution >= 0.6 is 7.26 Å². The summed E-state index contributed by atoms with van der Waals surface area (Å²) in [5.74, 6) is 0. The minimum absolute atomic E-state index is 0.634. The largest absolute Gasteiger partial charge is 0.0654 e. The summed E-state index contributed by atoms with van der Waals surface area (Å²) in [6, 6.07) is 0. The number of unbranched alkanes of at least 4 members (excludes halogenated alkanes) is 30. The van der Waals surface area contributed by atoms with Gasteiger partial charge in [0.15, 0.2) is 0 Å². The Balaban J connectivity index is 3.50. The molecule has 0 saturated carbocycles. The highest BCUT2D eigenvalue weighted by Crippen LogP contribution is 2.59. The fourth-order valence-electron chi connectivity index (χ4n) is 6.96. The van der Waals surface area contributed by atoms with E-state index >= 15 is 0 Å². The van der Waals surface area contributed by atoms with E-state index in [-0.39, 0.29) is 0 Å². The lowest BCUT2D eigenvalue weighted by atomic mass is 10.0. The second-order valence-corrected chi connectivity index (χ2v) is 18.9. The van der Waals surface area contributed by atoms with E-state index in [9.17, 15) is 0 Å². The first-order valence-electron chi connectivity index (χ1n) is 20.1. The molecule has 0 aliphatic heterocycles. The molecule has 0 aliphatic carbocycles. The average Bonchev–Trinajstić information content (AvgIpc) is 2.99. The van der Waals surface area contributed by atoms with Gasteiger partial charge in [0.05, 0.1) is 24.6 Å². The van der Waals surface area contributed by atoms with Crippen LogP contribution in [0.5, 0.6) is 0 Å². The Labute approximate surface area is 264 Å². The standard InChI is InChI=1S/C40H84P/c1-5-9-11-13-15-17-19-21-23-25-27-29-31-33-35-37-39-41(7-3,8-4)40-38-36-34-32-30-28-26-24-22-20-18-16-14-12-10-6-2/h5-40H2,1-4H3/q+1. The molecular weight excluding hydrogens is 511 g/mol. The van der Waals surface area contributed by atoms with Crippen molar-refractivity contribution in [1.82, 2.24) is 0 Å². The third-order valence-corrected chi connectivity index (χ3v) is 15.5. The Morgan fingerprint density at radius 1 is 0.220 bits per heavy atom. The van der Waals surface area contributed by atoms with Crippen LogP contribution in [-0.2, 0) is 0 Å². The normalized spacial score (nSPS) is 12.0. The molecule has 0 saturated heterocycles. The predicted octanol–water partition coefficient (Wildman–Crippen LogP) is 15.6. The van der Waals surface area contributed by atoms with E-state index < -0.39 is 7.26 Å². The molecular formula is C40H84P+. The van der Waals surface area contributed by atoms with Crippen molar-refractivity contribution in [3.8, 4) is 0 Å². The first kappa shape index (κ1) is 41.4. The summed E-state index contributed by atoms with van der Waals surface area (Å²) in [4.78, 5) is 0. The molecule has 0 bridgehead atoms. The lowest BCUT2D eigenvalue weighted by molar-refractivity contribution is 0.531. The topological polar surface area (TPSA) is 0 Å². The molecule has 248 valence electrons. The van der Waals surface area contributed by atoms with Crippen LogP contribution in [0.25, 0.3) is 0 Å². The number of rotatable bonds is 36. The Kier molecular flexibility index (Phi) is 35.3. The van der Waals surface area contributed by atoms with Gasteiger partial charge in [-0.05, 0) is 39.5 Å². The zero-order valence-electron chi connectivity index (χ0n) is 29.9. The van der Waals surface area contributed by atoms with Crippen LogP contribution in [-0.4, -0.2) is 24.6 Å². The molecule has 0 nitrogen and oxygen atoms in total. The Morgan fingerprint density at radius 3 is 0.561 bits per heavy atom. The van der Waals surface area contributed by atoms with Crippen molar-refractivity contribution in [2.75, 3.05) is 24.6 Å². The van der Waals surface area contributed by atoms with Crippen molar-refractivity contribution in [2.24, 2.45) is 0 Å². The minimum Gasteiger partial charge on any atom is -0.0654 e. The van der Waals surface area contributed by atoms with E-state index in [1.54, 1.807) is 12.3 Å². The van der Waals surface area contributed by atoms with Crippen LogP contribution in [0.15, 0.2) is 0 Å². The van der Waals surface area contributed by atoms with Crippen molar-refractivity contribution in [2.45, 2.75) is 233 Å². The quantitative estimate of drug-likeness (QED) is 0.0499. The average molecular weight is 596 g/mol. The molecule has 0 fully saturated rings. The van der Waals surface area contributed by atoms with Crippen molar-refractivity contribution in [3.05, 3.63) is 0 Å². The molecule has 0 aliphatic rings. The van der Waals surface area contributed by atoms with Crippen molar-refractivity contribution >= 4 is 7.26 Å². The molecule has 0 aromatic carbocycles. The maximum atomic E-state index is 2.52. The van der Waals surface area contributed by atoms with Gasteiger partial charge in [-0.1, -0.05) is 194 Å². The molecule has 0 amide bonds. The molecule has 0 rings (SSSR count). The molecule has 0 N–H and O–H groups in total. The second kappa shape index (κ2) is 34.9. The first-order valence-corrected chi connectivity index (χ1v) is 22.6. The van der Waals surface area contributed by atoms with Gasteiger partial charge in [-0.25, -0.2) is 0 Å². The molecule has 0 atom stereocenters. The van der Waals surface area contributed by atoms with Crippen LogP contribution in [0.4, 0.5) is 0 Å². The fourth-order valence-corrected chi connectivity index (χ4v) is 10.7. The first-order chi connectivity index (χ1) is 20.2. The third-order valence-electron chi connectivity index (χ3n) is 10.3. The van der Waals surface area contributed by atoms with Gasteiger partial charge in [0.1, 0.15) is 0 Å². The Bertz CT molecular complexity index is 416. The third kappa shape index (κ3) is 30.2.